The first-order valence-corrected chi connectivity index (χ1v) is 7.00. The van der Waals surface area contributed by atoms with Crippen LogP contribution in [0.3, 0.4) is 0 Å². The molecule has 1 aliphatic heterocycles. The van der Waals surface area contributed by atoms with Gasteiger partial charge in [0.25, 0.3) is 0 Å². The number of fused-ring (bicyclic) bond motifs is 1. The summed E-state index contributed by atoms with van der Waals surface area (Å²) < 4.78 is 4.84. The number of aliphatic hydroxyl groups is 1. The molecule has 0 spiro atoms. The second-order valence-electron chi connectivity index (χ2n) is 5.10. The normalized spacial score (nSPS) is 12.4. The first kappa shape index (κ1) is 15.9. The number of cyclic esters (lactones) is 1. The highest BCUT2D eigenvalue weighted by Gasteiger charge is 2.15. The third kappa shape index (κ3) is 3.56. The molecule has 1 heterocycles. The standard InChI is InChI=1S/C9H9NO2.C8H11NO/c1-6-3-2-4-8-7(6)5-12-9(11)10-8;1-6-3-2-4-8(9)7(6)5-10/h2-4H,5H2,1H3,(H,10,11);2-4,10H,5,9H2,1H3. The smallest absolute Gasteiger partial charge is 0.411 e. The van der Waals surface area contributed by atoms with Crippen LogP contribution in [-0.2, 0) is 18.0 Å². The van der Waals surface area contributed by atoms with Crippen LogP contribution in [0.1, 0.15) is 22.3 Å². The minimum atomic E-state index is -0.367. The second-order valence-corrected chi connectivity index (χ2v) is 5.10. The molecule has 0 aliphatic carbocycles. The van der Waals surface area contributed by atoms with Gasteiger partial charge in [-0.1, -0.05) is 24.3 Å². The fourth-order valence-electron chi connectivity index (χ4n) is 2.24. The molecule has 0 unspecified atom stereocenters. The van der Waals surface area contributed by atoms with E-state index in [9.17, 15) is 4.79 Å². The summed E-state index contributed by atoms with van der Waals surface area (Å²) >= 11 is 0. The van der Waals surface area contributed by atoms with E-state index in [2.05, 4.69) is 5.32 Å². The van der Waals surface area contributed by atoms with Gasteiger partial charge >= 0.3 is 6.09 Å². The largest absolute Gasteiger partial charge is 0.444 e. The van der Waals surface area contributed by atoms with Crippen LogP contribution in [0.15, 0.2) is 36.4 Å². The van der Waals surface area contributed by atoms with Crippen molar-refractivity contribution in [3.63, 3.8) is 0 Å². The Labute approximate surface area is 129 Å². The molecule has 22 heavy (non-hydrogen) atoms. The van der Waals surface area contributed by atoms with Crippen LogP contribution in [0, 0.1) is 13.8 Å². The van der Waals surface area contributed by atoms with E-state index in [1.165, 1.54) is 0 Å². The van der Waals surface area contributed by atoms with E-state index in [-0.39, 0.29) is 12.7 Å². The predicted octanol–water partition coefficient (Wildman–Crippen LogP) is 3.13. The Kier molecular flexibility index (Phi) is 5.01. The summed E-state index contributed by atoms with van der Waals surface area (Å²) in [6.07, 6.45) is -0.367. The number of aliphatic hydroxyl groups excluding tert-OH is 1. The molecule has 5 heteroatoms. The maximum Gasteiger partial charge on any atom is 0.411 e. The summed E-state index contributed by atoms with van der Waals surface area (Å²) in [5, 5.41) is 11.5. The number of nitrogen functional groups attached to an aromatic ring is 1. The molecule has 116 valence electrons. The SMILES string of the molecule is Cc1cccc(N)c1CO.Cc1cccc2c1COC(=O)N2. The number of rotatable bonds is 1. The fourth-order valence-corrected chi connectivity index (χ4v) is 2.24. The number of ether oxygens (including phenoxy) is 1. The van der Waals surface area contributed by atoms with Gasteiger partial charge in [-0.25, -0.2) is 4.79 Å². The van der Waals surface area contributed by atoms with Crippen molar-refractivity contribution in [3.05, 3.63) is 58.7 Å². The number of hydrogen-bond acceptors (Lipinski definition) is 4. The molecule has 5 nitrogen and oxygen atoms in total. The van der Waals surface area contributed by atoms with Crippen molar-refractivity contribution in [2.75, 3.05) is 11.1 Å². The van der Waals surface area contributed by atoms with E-state index in [1.807, 2.05) is 44.2 Å². The lowest BCUT2D eigenvalue weighted by Gasteiger charge is -2.18. The van der Waals surface area contributed by atoms with E-state index in [0.29, 0.717) is 12.3 Å². The van der Waals surface area contributed by atoms with E-state index in [0.717, 1.165) is 27.9 Å². The zero-order valence-corrected chi connectivity index (χ0v) is 12.7. The first-order valence-electron chi connectivity index (χ1n) is 7.00. The number of carbonyl (C=O) groups excluding carboxylic acids is 1. The monoisotopic (exact) mass is 300 g/mol. The number of carbonyl (C=O) groups is 1. The average molecular weight is 300 g/mol. The van der Waals surface area contributed by atoms with Crippen molar-refractivity contribution in [2.45, 2.75) is 27.1 Å². The van der Waals surface area contributed by atoms with Gasteiger partial charge in [0.1, 0.15) is 6.61 Å². The number of anilines is 2. The van der Waals surface area contributed by atoms with Gasteiger partial charge in [-0.2, -0.15) is 0 Å². The average Bonchev–Trinajstić information content (AvgIpc) is 2.48. The fraction of sp³-hybridized carbons (Fsp3) is 0.235. The van der Waals surface area contributed by atoms with E-state index >= 15 is 0 Å². The van der Waals surface area contributed by atoms with Crippen molar-refractivity contribution < 1.29 is 14.6 Å². The molecule has 0 atom stereocenters. The summed E-state index contributed by atoms with van der Waals surface area (Å²) in [5.74, 6) is 0. The van der Waals surface area contributed by atoms with E-state index < -0.39 is 0 Å². The van der Waals surface area contributed by atoms with Crippen LogP contribution in [-0.4, -0.2) is 11.2 Å². The van der Waals surface area contributed by atoms with Gasteiger partial charge in [-0.3, -0.25) is 5.32 Å². The van der Waals surface area contributed by atoms with Gasteiger partial charge in [0.05, 0.1) is 12.3 Å². The van der Waals surface area contributed by atoms with Crippen LogP contribution >= 0.6 is 0 Å². The van der Waals surface area contributed by atoms with Gasteiger partial charge in [0.2, 0.25) is 0 Å². The lowest BCUT2D eigenvalue weighted by Crippen LogP contribution is -2.20. The Hall–Kier alpha value is -2.53. The minimum Gasteiger partial charge on any atom is -0.444 e. The molecule has 0 aromatic heterocycles. The third-order valence-electron chi connectivity index (χ3n) is 3.60. The number of aryl methyl sites for hydroxylation is 2. The summed E-state index contributed by atoms with van der Waals surface area (Å²) in [6, 6.07) is 11.4. The van der Waals surface area contributed by atoms with Crippen LogP contribution in [0.4, 0.5) is 16.2 Å². The zero-order valence-electron chi connectivity index (χ0n) is 12.7. The highest BCUT2D eigenvalue weighted by Crippen LogP contribution is 2.23. The minimum absolute atomic E-state index is 0.0263. The number of nitrogens with two attached hydrogens (primary N) is 1. The maximum absolute atomic E-state index is 10.8. The van der Waals surface area contributed by atoms with Gasteiger partial charge < -0.3 is 15.6 Å². The van der Waals surface area contributed by atoms with Crippen LogP contribution in [0.5, 0.6) is 0 Å². The lowest BCUT2D eigenvalue weighted by atomic mass is 10.1. The summed E-state index contributed by atoms with van der Waals surface area (Å²) in [5.41, 5.74) is 11.2. The number of hydrogen-bond donors (Lipinski definition) is 3. The zero-order chi connectivity index (χ0) is 16.1. The predicted molar refractivity (Wildman–Crippen MR) is 86.5 cm³/mol. The molecule has 0 saturated heterocycles. The lowest BCUT2D eigenvalue weighted by molar-refractivity contribution is 0.151. The molecular formula is C17H20N2O3. The highest BCUT2D eigenvalue weighted by molar-refractivity contribution is 5.87. The van der Waals surface area contributed by atoms with Crippen LogP contribution < -0.4 is 11.1 Å². The molecule has 0 radical (unpaired) electrons. The molecule has 2 aromatic carbocycles. The summed E-state index contributed by atoms with van der Waals surface area (Å²) in [6.45, 7) is 4.34. The van der Waals surface area contributed by atoms with Crippen molar-refractivity contribution in [3.8, 4) is 0 Å². The van der Waals surface area contributed by atoms with E-state index in [1.54, 1.807) is 6.07 Å². The van der Waals surface area contributed by atoms with Gasteiger partial charge in [0.15, 0.2) is 0 Å². The van der Waals surface area contributed by atoms with Gasteiger partial charge in [0, 0.05) is 16.8 Å². The molecule has 3 rings (SSSR count). The van der Waals surface area contributed by atoms with Crippen LogP contribution in [0.2, 0.25) is 0 Å². The topological polar surface area (TPSA) is 84.6 Å². The number of benzene rings is 2. The Morgan fingerprint density at radius 2 is 1.86 bits per heavy atom. The maximum atomic E-state index is 10.8. The van der Waals surface area contributed by atoms with Crippen molar-refractivity contribution >= 4 is 17.5 Å². The van der Waals surface area contributed by atoms with Gasteiger partial charge in [-0.05, 0) is 37.1 Å². The molecule has 4 N–H and O–H groups in total. The van der Waals surface area contributed by atoms with E-state index in [4.69, 9.17) is 15.6 Å². The van der Waals surface area contributed by atoms with Gasteiger partial charge in [-0.15, -0.1) is 0 Å². The van der Waals surface area contributed by atoms with Crippen molar-refractivity contribution in [1.82, 2.24) is 0 Å². The Morgan fingerprint density at radius 3 is 2.50 bits per heavy atom. The third-order valence-corrected chi connectivity index (χ3v) is 3.60. The number of amides is 1. The molecular weight excluding hydrogens is 280 g/mol. The first-order chi connectivity index (χ1) is 10.5. The Morgan fingerprint density at radius 1 is 1.18 bits per heavy atom. The molecule has 1 amide bonds. The summed E-state index contributed by atoms with van der Waals surface area (Å²) in [4.78, 5) is 10.8. The Bertz CT molecular complexity index is 663. The molecule has 0 fully saturated rings. The van der Waals surface area contributed by atoms with Crippen LogP contribution in [0.25, 0.3) is 0 Å². The highest BCUT2D eigenvalue weighted by atomic mass is 16.5. The molecule has 1 aliphatic rings. The Balaban J connectivity index is 0.000000164. The molecule has 0 saturated carbocycles. The summed E-state index contributed by atoms with van der Waals surface area (Å²) in [7, 11) is 0. The second kappa shape index (κ2) is 6.95. The molecule has 2 aromatic rings. The van der Waals surface area contributed by atoms with Crippen molar-refractivity contribution in [2.24, 2.45) is 0 Å². The molecule has 0 bridgehead atoms. The quantitative estimate of drug-likeness (QED) is 0.706. The number of nitrogens with one attached hydrogen (secondary N) is 1. The van der Waals surface area contributed by atoms with Crippen molar-refractivity contribution in [1.29, 1.82) is 0 Å².